The van der Waals surface area contributed by atoms with Crippen LogP contribution in [-0.4, -0.2) is 42.0 Å². The van der Waals surface area contributed by atoms with Gasteiger partial charge in [-0.25, -0.2) is 0 Å². The molecule has 0 aliphatic carbocycles. The summed E-state index contributed by atoms with van der Waals surface area (Å²) in [6.45, 7) is 3.15. The first kappa shape index (κ1) is 14.7. The van der Waals surface area contributed by atoms with E-state index in [2.05, 4.69) is 22.0 Å². The molecule has 0 saturated carbocycles. The van der Waals surface area contributed by atoms with Gasteiger partial charge in [0.15, 0.2) is 0 Å². The third-order valence-corrected chi connectivity index (χ3v) is 4.54. The average Bonchev–Trinajstić information content (AvgIpc) is 2.68. The molecule has 0 spiro atoms. The van der Waals surface area contributed by atoms with Gasteiger partial charge in [0.1, 0.15) is 5.69 Å². The lowest BCUT2D eigenvalue weighted by Crippen LogP contribution is -2.49. The predicted molar refractivity (Wildman–Crippen MR) is 96.3 cm³/mol. The Morgan fingerprint density at radius 1 is 0.833 bits per heavy atom. The Balaban J connectivity index is 1.47. The van der Waals surface area contributed by atoms with Gasteiger partial charge in [-0.05, 0) is 23.6 Å². The zero-order valence-corrected chi connectivity index (χ0v) is 13.4. The number of nitrogens with zero attached hydrogens (tertiary/aromatic N) is 3. The van der Waals surface area contributed by atoms with Crippen LogP contribution in [0.5, 0.6) is 0 Å². The van der Waals surface area contributed by atoms with E-state index in [1.54, 1.807) is 6.20 Å². The molecule has 120 valence electrons. The quantitative estimate of drug-likeness (QED) is 0.728. The maximum atomic E-state index is 12.7. The number of amides is 1. The molecule has 0 unspecified atom stereocenters. The molecule has 1 aliphatic rings. The molecule has 4 nitrogen and oxygen atoms in total. The van der Waals surface area contributed by atoms with E-state index in [0.29, 0.717) is 5.69 Å². The number of hydrogen-bond acceptors (Lipinski definition) is 3. The summed E-state index contributed by atoms with van der Waals surface area (Å²) in [6, 6.07) is 20.2. The lowest BCUT2D eigenvalue weighted by Gasteiger charge is -2.36. The van der Waals surface area contributed by atoms with Crippen LogP contribution in [0.1, 0.15) is 10.5 Å². The summed E-state index contributed by atoms with van der Waals surface area (Å²) >= 11 is 0. The molecule has 1 fully saturated rings. The minimum absolute atomic E-state index is 0.0217. The third-order valence-electron chi connectivity index (χ3n) is 4.54. The highest BCUT2D eigenvalue weighted by Gasteiger charge is 2.23. The number of aromatic nitrogens is 1. The molecule has 1 aromatic heterocycles. The highest BCUT2D eigenvalue weighted by Crippen LogP contribution is 2.18. The molecule has 0 radical (unpaired) electrons. The van der Waals surface area contributed by atoms with Crippen LogP contribution in [0.25, 0.3) is 10.8 Å². The number of carbonyl (C=O) groups is 1. The normalized spacial score (nSPS) is 14.8. The fourth-order valence-corrected chi connectivity index (χ4v) is 3.17. The highest BCUT2D eigenvalue weighted by molar-refractivity contribution is 5.96. The van der Waals surface area contributed by atoms with E-state index < -0.39 is 0 Å². The van der Waals surface area contributed by atoms with Gasteiger partial charge in [0, 0.05) is 43.4 Å². The summed E-state index contributed by atoms with van der Waals surface area (Å²) < 4.78 is 0. The Labute approximate surface area is 141 Å². The van der Waals surface area contributed by atoms with Gasteiger partial charge in [0.2, 0.25) is 0 Å². The molecule has 0 N–H and O–H groups in total. The fourth-order valence-electron chi connectivity index (χ4n) is 3.17. The van der Waals surface area contributed by atoms with Gasteiger partial charge in [0.25, 0.3) is 5.91 Å². The summed E-state index contributed by atoms with van der Waals surface area (Å²) in [5, 5.41) is 2.11. The first-order valence-electron chi connectivity index (χ1n) is 8.25. The topological polar surface area (TPSA) is 36.4 Å². The van der Waals surface area contributed by atoms with Crippen molar-refractivity contribution < 1.29 is 4.79 Å². The second-order valence-corrected chi connectivity index (χ2v) is 6.03. The van der Waals surface area contributed by atoms with Gasteiger partial charge in [0.05, 0.1) is 0 Å². The predicted octanol–water partition coefficient (Wildman–Crippen LogP) is 3.20. The number of para-hydroxylation sites is 1. The summed E-state index contributed by atoms with van der Waals surface area (Å²) in [5.74, 6) is 0.0217. The molecule has 2 aromatic carbocycles. The lowest BCUT2D eigenvalue weighted by atomic mass is 10.1. The number of carbonyl (C=O) groups excluding carboxylic acids is 1. The number of rotatable bonds is 2. The Hall–Kier alpha value is -2.88. The van der Waals surface area contributed by atoms with Crippen molar-refractivity contribution in [2.45, 2.75) is 0 Å². The highest BCUT2D eigenvalue weighted by atomic mass is 16.2. The van der Waals surface area contributed by atoms with Crippen LogP contribution in [0.4, 0.5) is 5.69 Å². The maximum Gasteiger partial charge on any atom is 0.272 e. The van der Waals surface area contributed by atoms with Crippen LogP contribution in [0.3, 0.4) is 0 Å². The number of anilines is 1. The number of piperazine rings is 1. The second-order valence-electron chi connectivity index (χ2n) is 6.03. The average molecular weight is 317 g/mol. The van der Waals surface area contributed by atoms with Crippen LogP contribution in [-0.2, 0) is 0 Å². The van der Waals surface area contributed by atoms with E-state index in [1.807, 2.05) is 53.4 Å². The lowest BCUT2D eigenvalue weighted by molar-refractivity contribution is 0.0741. The molecule has 1 aliphatic heterocycles. The third kappa shape index (κ3) is 2.83. The SMILES string of the molecule is O=C(c1cc2ccccc2cn1)N1CCN(c2ccccc2)CC1. The Morgan fingerprint density at radius 3 is 2.25 bits per heavy atom. The molecule has 2 heterocycles. The summed E-state index contributed by atoms with van der Waals surface area (Å²) in [4.78, 5) is 21.3. The zero-order chi connectivity index (χ0) is 16.4. The minimum Gasteiger partial charge on any atom is -0.368 e. The molecule has 1 amide bonds. The van der Waals surface area contributed by atoms with Gasteiger partial charge in [-0.1, -0.05) is 42.5 Å². The van der Waals surface area contributed by atoms with Crippen LogP contribution < -0.4 is 4.90 Å². The van der Waals surface area contributed by atoms with Crippen molar-refractivity contribution in [1.29, 1.82) is 0 Å². The van der Waals surface area contributed by atoms with E-state index in [1.165, 1.54) is 5.69 Å². The van der Waals surface area contributed by atoms with Gasteiger partial charge in [-0.3, -0.25) is 9.78 Å². The van der Waals surface area contributed by atoms with Gasteiger partial charge >= 0.3 is 0 Å². The van der Waals surface area contributed by atoms with E-state index in [4.69, 9.17) is 0 Å². The van der Waals surface area contributed by atoms with Crippen LogP contribution in [0, 0.1) is 0 Å². The van der Waals surface area contributed by atoms with Crippen molar-refractivity contribution in [3.63, 3.8) is 0 Å². The Kier molecular flexibility index (Phi) is 3.87. The van der Waals surface area contributed by atoms with Gasteiger partial charge in [-0.15, -0.1) is 0 Å². The minimum atomic E-state index is 0.0217. The fraction of sp³-hybridized carbons (Fsp3) is 0.200. The largest absolute Gasteiger partial charge is 0.368 e. The monoisotopic (exact) mass is 317 g/mol. The number of fused-ring (bicyclic) bond motifs is 1. The van der Waals surface area contributed by atoms with E-state index in [0.717, 1.165) is 37.0 Å². The Bertz CT molecular complexity index is 855. The van der Waals surface area contributed by atoms with E-state index in [-0.39, 0.29) is 5.91 Å². The molecule has 0 atom stereocenters. The number of benzene rings is 2. The molecular weight excluding hydrogens is 298 g/mol. The van der Waals surface area contributed by atoms with Crippen LogP contribution in [0.15, 0.2) is 66.9 Å². The van der Waals surface area contributed by atoms with E-state index >= 15 is 0 Å². The van der Waals surface area contributed by atoms with Gasteiger partial charge in [-0.2, -0.15) is 0 Å². The molecule has 1 saturated heterocycles. The first-order valence-corrected chi connectivity index (χ1v) is 8.25. The van der Waals surface area contributed by atoms with Crippen molar-refractivity contribution >= 4 is 22.4 Å². The molecule has 3 aromatic rings. The van der Waals surface area contributed by atoms with Crippen molar-refractivity contribution in [2.75, 3.05) is 31.1 Å². The van der Waals surface area contributed by atoms with Crippen molar-refractivity contribution in [3.05, 3.63) is 72.6 Å². The van der Waals surface area contributed by atoms with Crippen LogP contribution in [0.2, 0.25) is 0 Å². The number of pyridine rings is 1. The molecule has 4 heteroatoms. The molecule has 4 rings (SSSR count). The molecular formula is C20H19N3O. The second kappa shape index (κ2) is 6.32. The standard InChI is InChI=1S/C20H19N3O/c24-20(19-14-16-6-4-5-7-17(16)15-21-19)23-12-10-22(11-13-23)18-8-2-1-3-9-18/h1-9,14-15H,10-13H2. The zero-order valence-electron chi connectivity index (χ0n) is 13.4. The summed E-state index contributed by atoms with van der Waals surface area (Å²) in [5.41, 5.74) is 1.75. The van der Waals surface area contributed by atoms with Crippen molar-refractivity contribution in [2.24, 2.45) is 0 Å². The van der Waals surface area contributed by atoms with E-state index in [9.17, 15) is 4.79 Å². The Morgan fingerprint density at radius 2 is 1.50 bits per heavy atom. The number of hydrogen-bond donors (Lipinski definition) is 0. The molecule has 24 heavy (non-hydrogen) atoms. The van der Waals surface area contributed by atoms with Crippen molar-refractivity contribution in [3.8, 4) is 0 Å². The summed E-state index contributed by atoms with van der Waals surface area (Å²) in [6.07, 6.45) is 1.78. The first-order chi connectivity index (χ1) is 11.8. The van der Waals surface area contributed by atoms with Crippen LogP contribution >= 0.6 is 0 Å². The van der Waals surface area contributed by atoms with Gasteiger partial charge < -0.3 is 9.80 Å². The summed E-state index contributed by atoms with van der Waals surface area (Å²) in [7, 11) is 0. The smallest absolute Gasteiger partial charge is 0.272 e. The van der Waals surface area contributed by atoms with Crippen molar-refractivity contribution in [1.82, 2.24) is 9.88 Å². The maximum absolute atomic E-state index is 12.7. The molecule has 0 bridgehead atoms.